The highest BCUT2D eigenvalue weighted by atomic mass is 16.5. The summed E-state index contributed by atoms with van der Waals surface area (Å²) in [6, 6.07) is 1.76. The minimum Gasteiger partial charge on any atom is -0.464 e. The third-order valence-electron chi connectivity index (χ3n) is 2.43. The molecule has 1 N–H and O–H groups in total. The van der Waals surface area contributed by atoms with Gasteiger partial charge < -0.3 is 9.26 Å². The first-order valence-corrected chi connectivity index (χ1v) is 4.52. The van der Waals surface area contributed by atoms with Gasteiger partial charge in [0.1, 0.15) is 11.3 Å². The summed E-state index contributed by atoms with van der Waals surface area (Å²) >= 11 is 0. The van der Waals surface area contributed by atoms with Gasteiger partial charge in [-0.05, 0) is 6.92 Å². The predicted octanol–water partition coefficient (Wildman–Crippen LogP) is 0.470. The molecule has 1 aliphatic rings. The van der Waals surface area contributed by atoms with Crippen molar-refractivity contribution in [2.45, 2.75) is 25.4 Å². The van der Waals surface area contributed by atoms with Crippen molar-refractivity contribution in [2.24, 2.45) is 0 Å². The molecule has 0 aliphatic carbocycles. The second-order valence-electron chi connectivity index (χ2n) is 3.55. The standard InChI is InChI=1S/C9H12N2O3/c1-9(3-5-13-8(9)12)10-6-7-2-4-11-14-7/h2,4,10H,3,5-6H2,1H3. The van der Waals surface area contributed by atoms with Gasteiger partial charge in [0.05, 0.1) is 19.3 Å². The Bertz CT molecular complexity index is 323. The van der Waals surface area contributed by atoms with Crippen LogP contribution in [0.2, 0.25) is 0 Å². The van der Waals surface area contributed by atoms with E-state index in [0.717, 1.165) is 0 Å². The average Bonchev–Trinajstić information content (AvgIpc) is 2.75. The molecule has 76 valence electrons. The van der Waals surface area contributed by atoms with E-state index in [1.165, 1.54) is 0 Å². The number of aromatic nitrogens is 1. The van der Waals surface area contributed by atoms with Crippen LogP contribution < -0.4 is 5.32 Å². The number of hydrogen-bond acceptors (Lipinski definition) is 5. The van der Waals surface area contributed by atoms with Crippen LogP contribution in [0.1, 0.15) is 19.1 Å². The van der Waals surface area contributed by atoms with Crippen molar-refractivity contribution >= 4 is 5.97 Å². The van der Waals surface area contributed by atoms with E-state index in [1.807, 2.05) is 6.92 Å². The van der Waals surface area contributed by atoms with Gasteiger partial charge in [0.25, 0.3) is 0 Å². The van der Waals surface area contributed by atoms with E-state index < -0.39 is 5.54 Å². The fourth-order valence-corrected chi connectivity index (χ4v) is 1.39. The van der Waals surface area contributed by atoms with Crippen molar-refractivity contribution in [1.82, 2.24) is 10.5 Å². The molecule has 1 saturated heterocycles. The molecule has 1 unspecified atom stereocenters. The van der Waals surface area contributed by atoms with Crippen molar-refractivity contribution in [2.75, 3.05) is 6.61 Å². The molecule has 0 bridgehead atoms. The predicted molar refractivity (Wildman–Crippen MR) is 47.3 cm³/mol. The molecule has 1 aliphatic heterocycles. The van der Waals surface area contributed by atoms with Crippen LogP contribution in [0, 0.1) is 0 Å². The molecule has 5 heteroatoms. The minimum atomic E-state index is -0.577. The Labute approximate surface area is 81.4 Å². The van der Waals surface area contributed by atoms with E-state index in [2.05, 4.69) is 10.5 Å². The van der Waals surface area contributed by atoms with Gasteiger partial charge in [0, 0.05) is 12.5 Å². The molecular weight excluding hydrogens is 184 g/mol. The molecule has 2 rings (SSSR count). The number of nitrogens with zero attached hydrogens (tertiary/aromatic N) is 1. The molecule has 0 amide bonds. The maximum Gasteiger partial charge on any atom is 0.326 e. The highest BCUT2D eigenvalue weighted by Gasteiger charge is 2.39. The summed E-state index contributed by atoms with van der Waals surface area (Å²) in [6.45, 7) is 2.81. The third kappa shape index (κ3) is 1.63. The number of carbonyl (C=O) groups is 1. The number of esters is 1. The Morgan fingerprint density at radius 3 is 3.14 bits per heavy atom. The molecule has 2 heterocycles. The molecule has 5 nitrogen and oxygen atoms in total. The van der Waals surface area contributed by atoms with Crippen molar-refractivity contribution in [3.05, 3.63) is 18.0 Å². The van der Waals surface area contributed by atoms with E-state index >= 15 is 0 Å². The molecule has 0 saturated carbocycles. The lowest BCUT2D eigenvalue weighted by Crippen LogP contribution is -2.45. The molecule has 0 radical (unpaired) electrons. The van der Waals surface area contributed by atoms with Crippen LogP contribution in [0.4, 0.5) is 0 Å². The van der Waals surface area contributed by atoms with Crippen LogP contribution >= 0.6 is 0 Å². The number of nitrogens with one attached hydrogen (secondary N) is 1. The Hall–Kier alpha value is -1.36. The Balaban J connectivity index is 1.94. The van der Waals surface area contributed by atoms with Crippen molar-refractivity contribution in [3.8, 4) is 0 Å². The van der Waals surface area contributed by atoms with E-state index in [-0.39, 0.29) is 5.97 Å². The molecule has 1 fully saturated rings. The van der Waals surface area contributed by atoms with E-state index in [4.69, 9.17) is 9.26 Å². The van der Waals surface area contributed by atoms with Gasteiger partial charge in [-0.2, -0.15) is 0 Å². The number of hydrogen-bond donors (Lipinski definition) is 1. The summed E-state index contributed by atoms with van der Waals surface area (Å²) in [6.07, 6.45) is 2.27. The minimum absolute atomic E-state index is 0.197. The molecule has 1 aromatic rings. The summed E-state index contributed by atoms with van der Waals surface area (Å²) in [5.41, 5.74) is -0.577. The second-order valence-corrected chi connectivity index (χ2v) is 3.55. The maximum absolute atomic E-state index is 11.3. The molecular formula is C9H12N2O3. The normalized spacial score (nSPS) is 26.5. The van der Waals surface area contributed by atoms with E-state index in [0.29, 0.717) is 25.3 Å². The molecule has 14 heavy (non-hydrogen) atoms. The number of rotatable bonds is 3. The van der Waals surface area contributed by atoms with Crippen LogP contribution in [-0.4, -0.2) is 23.3 Å². The summed E-state index contributed by atoms with van der Waals surface area (Å²) in [7, 11) is 0. The zero-order chi connectivity index (χ0) is 10.0. The summed E-state index contributed by atoms with van der Waals surface area (Å²) in [5, 5.41) is 6.68. The second kappa shape index (κ2) is 3.42. The quantitative estimate of drug-likeness (QED) is 0.712. The molecule has 0 aromatic carbocycles. The largest absolute Gasteiger partial charge is 0.464 e. The zero-order valence-corrected chi connectivity index (χ0v) is 7.95. The number of ether oxygens (including phenoxy) is 1. The number of cyclic esters (lactones) is 1. The summed E-state index contributed by atoms with van der Waals surface area (Å²) in [4.78, 5) is 11.3. The van der Waals surface area contributed by atoms with Crippen LogP contribution in [0.15, 0.2) is 16.8 Å². The van der Waals surface area contributed by atoms with Crippen LogP contribution in [0.3, 0.4) is 0 Å². The van der Waals surface area contributed by atoms with Gasteiger partial charge in [0.2, 0.25) is 0 Å². The Morgan fingerprint density at radius 2 is 2.57 bits per heavy atom. The first-order valence-electron chi connectivity index (χ1n) is 4.52. The lowest BCUT2D eigenvalue weighted by molar-refractivity contribution is -0.143. The van der Waals surface area contributed by atoms with Crippen LogP contribution in [0.5, 0.6) is 0 Å². The van der Waals surface area contributed by atoms with Gasteiger partial charge in [0.15, 0.2) is 0 Å². The zero-order valence-electron chi connectivity index (χ0n) is 7.95. The SMILES string of the molecule is CC1(NCc2ccno2)CCOC1=O. The van der Waals surface area contributed by atoms with Crippen molar-refractivity contribution in [3.63, 3.8) is 0 Å². The molecule has 0 spiro atoms. The number of carbonyl (C=O) groups excluding carboxylic acids is 1. The fourth-order valence-electron chi connectivity index (χ4n) is 1.39. The lowest BCUT2D eigenvalue weighted by Gasteiger charge is -2.19. The molecule has 1 aromatic heterocycles. The lowest BCUT2D eigenvalue weighted by atomic mass is 10.0. The topological polar surface area (TPSA) is 64.4 Å². The first-order chi connectivity index (χ1) is 6.71. The third-order valence-corrected chi connectivity index (χ3v) is 2.43. The van der Waals surface area contributed by atoms with E-state index in [9.17, 15) is 4.79 Å². The van der Waals surface area contributed by atoms with Gasteiger partial charge in [-0.15, -0.1) is 0 Å². The van der Waals surface area contributed by atoms with Gasteiger partial charge in [-0.25, -0.2) is 0 Å². The highest BCUT2D eigenvalue weighted by molar-refractivity contribution is 5.82. The van der Waals surface area contributed by atoms with Crippen LogP contribution in [0.25, 0.3) is 0 Å². The average molecular weight is 196 g/mol. The van der Waals surface area contributed by atoms with Crippen LogP contribution in [-0.2, 0) is 16.1 Å². The smallest absolute Gasteiger partial charge is 0.326 e. The van der Waals surface area contributed by atoms with Gasteiger partial charge >= 0.3 is 5.97 Å². The van der Waals surface area contributed by atoms with Gasteiger partial charge in [-0.3, -0.25) is 10.1 Å². The monoisotopic (exact) mass is 196 g/mol. The molecule has 1 atom stereocenters. The maximum atomic E-state index is 11.3. The fraction of sp³-hybridized carbons (Fsp3) is 0.556. The van der Waals surface area contributed by atoms with E-state index in [1.54, 1.807) is 12.3 Å². The first kappa shape index (κ1) is 9.21. The van der Waals surface area contributed by atoms with Crippen molar-refractivity contribution < 1.29 is 14.1 Å². The summed E-state index contributed by atoms with van der Waals surface area (Å²) in [5.74, 6) is 0.517. The van der Waals surface area contributed by atoms with Crippen molar-refractivity contribution in [1.29, 1.82) is 0 Å². The highest BCUT2D eigenvalue weighted by Crippen LogP contribution is 2.19. The Morgan fingerprint density at radius 1 is 1.71 bits per heavy atom. The summed E-state index contributed by atoms with van der Waals surface area (Å²) < 4.78 is 9.80. The van der Waals surface area contributed by atoms with Gasteiger partial charge in [-0.1, -0.05) is 5.16 Å². The Kier molecular flexibility index (Phi) is 2.25.